The molecule has 0 radical (unpaired) electrons. The van der Waals surface area contributed by atoms with Crippen molar-refractivity contribution >= 4 is 11.9 Å². The molecule has 19 heavy (non-hydrogen) atoms. The molecule has 6 heteroatoms. The first kappa shape index (κ1) is 15.9. The lowest BCUT2D eigenvalue weighted by Crippen LogP contribution is -2.50. The van der Waals surface area contributed by atoms with Gasteiger partial charge in [0.2, 0.25) is 5.91 Å². The van der Waals surface area contributed by atoms with Crippen LogP contribution in [0.5, 0.6) is 0 Å². The molecule has 0 spiro atoms. The van der Waals surface area contributed by atoms with Crippen molar-refractivity contribution in [2.24, 2.45) is 0 Å². The van der Waals surface area contributed by atoms with E-state index in [-0.39, 0.29) is 11.9 Å². The van der Waals surface area contributed by atoms with Gasteiger partial charge in [-0.1, -0.05) is 6.92 Å². The van der Waals surface area contributed by atoms with Crippen LogP contribution in [0.15, 0.2) is 0 Å². The Bertz CT molecular complexity index is 309. The highest BCUT2D eigenvalue weighted by atomic mass is 16.2. The van der Waals surface area contributed by atoms with E-state index >= 15 is 0 Å². The molecule has 0 saturated carbocycles. The SMILES string of the molecule is CCNC(=O)NC(=O)C(C)NCC1CCCN1CC. The van der Waals surface area contributed by atoms with Gasteiger partial charge in [0.15, 0.2) is 0 Å². The Hall–Kier alpha value is -1.14. The van der Waals surface area contributed by atoms with Crippen LogP contribution in [0.4, 0.5) is 4.79 Å². The van der Waals surface area contributed by atoms with E-state index in [0.717, 1.165) is 19.6 Å². The highest BCUT2D eigenvalue weighted by Crippen LogP contribution is 2.15. The third-order valence-corrected chi connectivity index (χ3v) is 3.53. The van der Waals surface area contributed by atoms with Crippen molar-refractivity contribution in [3.05, 3.63) is 0 Å². The summed E-state index contributed by atoms with van der Waals surface area (Å²) < 4.78 is 0. The van der Waals surface area contributed by atoms with Gasteiger partial charge < -0.3 is 10.6 Å². The standard InChI is InChI=1S/C13H26N4O2/c1-4-14-13(19)16-12(18)10(3)15-9-11-7-6-8-17(11)5-2/h10-11,15H,4-9H2,1-3H3,(H2,14,16,18,19). The summed E-state index contributed by atoms with van der Waals surface area (Å²) in [7, 11) is 0. The maximum atomic E-state index is 11.7. The second kappa shape index (κ2) is 8.12. The molecule has 1 fully saturated rings. The Balaban J connectivity index is 2.28. The Morgan fingerprint density at radius 1 is 1.37 bits per heavy atom. The molecule has 1 aliphatic heterocycles. The summed E-state index contributed by atoms with van der Waals surface area (Å²) in [4.78, 5) is 25.4. The molecular weight excluding hydrogens is 244 g/mol. The van der Waals surface area contributed by atoms with Gasteiger partial charge in [0.1, 0.15) is 0 Å². The number of imide groups is 1. The third kappa shape index (κ3) is 5.16. The lowest BCUT2D eigenvalue weighted by molar-refractivity contribution is -0.121. The van der Waals surface area contributed by atoms with Crippen molar-refractivity contribution in [2.75, 3.05) is 26.2 Å². The lowest BCUT2D eigenvalue weighted by Gasteiger charge is -2.24. The third-order valence-electron chi connectivity index (χ3n) is 3.53. The number of likely N-dealkylation sites (tertiary alicyclic amines) is 1. The van der Waals surface area contributed by atoms with Crippen LogP contribution in [-0.4, -0.2) is 55.1 Å². The van der Waals surface area contributed by atoms with Crippen molar-refractivity contribution in [1.82, 2.24) is 20.9 Å². The summed E-state index contributed by atoms with van der Waals surface area (Å²) in [5, 5.41) is 8.06. The quantitative estimate of drug-likeness (QED) is 0.649. The number of rotatable bonds is 6. The molecule has 2 atom stereocenters. The zero-order valence-corrected chi connectivity index (χ0v) is 12.2. The number of likely N-dealkylation sites (N-methyl/N-ethyl adjacent to an activating group) is 1. The van der Waals surface area contributed by atoms with E-state index in [1.807, 2.05) is 6.92 Å². The molecule has 3 N–H and O–H groups in total. The maximum absolute atomic E-state index is 11.7. The molecular formula is C13H26N4O2. The lowest BCUT2D eigenvalue weighted by atomic mass is 10.2. The van der Waals surface area contributed by atoms with Crippen molar-refractivity contribution in [2.45, 2.75) is 45.7 Å². The van der Waals surface area contributed by atoms with Gasteiger partial charge in [-0.25, -0.2) is 4.79 Å². The Morgan fingerprint density at radius 2 is 2.11 bits per heavy atom. The predicted molar refractivity (Wildman–Crippen MR) is 74.9 cm³/mol. The van der Waals surface area contributed by atoms with E-state index in [1.165, 1.54) is 12.8 Å². The monoisotopic (exact) mass is 270 g/mol. The van der Waals surface area contributed by atoms with E-state index in [1.54, 1.807) is 6.92 Å². The van der Waals surface area contributed by atoms with E-state index < -0.39 is 6.03 Å². The van der Waals surface area contributed by atoms with Gasteiger partial charge in [-0.2, -0.15) is 0 Å². The van der Waals surface area contributed by atoms with E-state index in [4.69, 9.17) is 0 Å². The summed E-state index contributed by atoms with van der Waals surface area (Å²) in [6.07, 6.45) is 2.39. The normalized spacial score (nSPS) is 21.1. The van der Waals surface area contributed by atoms with Crippen LogP contribution in [0.3, 0.4) is 0 Å². The Morgan fingerprint density at radius 3 is 2.74 bits per heavy atom. The smallest absolute Gasteiger partial charge is 0.321 e. The highest BCUT2D eigenvalue weighted by molar-refractivity contribution is 5.96. The number of amides is 3. The number of carbonyl (C=O) groups excluding carboxylic acids is 2. The van der Waals surface area contributed by atoms with Crippen molar-refractivity contribution < 1.29 is 9.59 Å². The second-order valence-corrected chi connectivity index (χ2v) is 4.90. The van der Waals surface area contributed by atoms with Gasteiger partial charge in [0, 0.05) is 19.1 Å². The molecule has 0 aliphatic carbocycles. The first-order chi connectivity index (χ1) is 9.08. The molecule has 6 nitrogen and oxygen atoms in total. The zero-order chi connectivity index (χ0) is 14.3. The van der Waals surface area contributed by atoms with E-state index in [0.29, 0.717) is 12.6 Å². The predicted octanol–water partition coefficient (Wildman–Crippen LogP) is 0.295. The minimum absolute atomic E-state index is 0.285. The minimum Gasteiger partial charge on any atom is -0.338 e. The van der Waals surface area contributed by atoms with Crippen LogP contribution in [0.2, 0.25) is 0 Å². The van der Waals surface area contributed by atoms with Gasteiger partial charge in [-0.15, -0.1) is 0 Å². The van der Waals surface area contributed by atoms with Crippen LogP contribution in [0.25, 0.3) is 0 Å². The van der Waals surface area contributed by atoms with Crippen LogP contribution < -0.4 is 16.0 Å². The molecule has 1 aliphatic rings. The molecule has 0 aromatic rings. The van der Waals surface area contributed by atoms with Crippen LogP contribution in [0, 0.1) is 0 Å². The van der Waals surface area contributed by atoms with Crippen molar-refractivity contribution in [1.29, 1.82) is 0 Å². The van der Waals surface area contributed by atoms with Crippen LogP contribution in [-0.2, 0) is 4.79 Å². The fourth-order valence-electron chi connectivity index (χ4n) is 2.37. The zero-order valence-electron chi connectivity index (χ0n) is 12.2. The molecule has 1 saturated heterocycles. The van der Waals surface area contributed by atoms with Gasteiger partial charge in [0.25, 0.3) is 0 Å². The number of nitrogens with one attached hydrogen (secondary N) is 3. The number of carbonyl (C=O) groups is 2. The Labute approximate surface area is 115 Å². The molecule has 0 bridgehead atoms. The van der Waals surface area contributed by atoms with Crippen molar-refractivity contribution in [3.63, 3.8) is 0 Å². The Kier molecular flexibility index (Phi) is 6.80. The summed E-state index contributed by atoms with van der Waals surface area (Å²) in [5.74, 6) is -0.285. The summed E-state index contributed by atoms with van der Waals surface area (Å²) in [6, 6.07) is -0.288. The van der Waals surface area contributed by atoms with E-state index in [2.05, 4.69) is 27.8 Å². The second-order valence-electron chi connectivity index (χ2n) is 4.90. The average molecular weight is 270 g/mol. The van der Waals surface area contributed by atoms with Gasteiger partial charge >= 0.3 is 6.03 Å². The molecule has 0 aromatic heterocycles. The average Bonchev–Trinajstić information content (AvgIpc) is 2.83. The summed E-state index contributed by atoms with van der Waals surface area (Å²) in [5.41, 5.74) is 0. The largest absolute Gasteiger partial charge is 0.338 e. The minimum atomic E-state index is -0.433. The first-order valence-corrected chi connectivity index (χ1v) is 7.14. The van der Waals surface area contributed by atoms with Gasteiger partial charge in [-0.05, 0) is 39.8 Å². The topological polar surface area (TPSA) is 73.5 Å². The fourth-order valence-corrected chi connectivity index (χ4v) is 2.37. The fraction of sp³-hybridized carbons (Fsp3) is 0.846. The number of urea groups is 1. The number of nitrogens with zero attached hydrogens (tertiary/aromatic N) is 1. The van der Waals surface area contributed by atoms with Crippen LogP contribution in [0.1, 0.15) is 33.6 Å². The summed E-state index contributed by atoms with van der Waals surface area (Å²) >= 11 is 0. The molecule has 1 rings (SSSR count). The number of hydrogen-bond donors (Lipinski definition) is 3. The first-order valence-electron chi connectivity index (χ1n) is 7.14. The van der Waals surface area contributed by atoms with Crippen LogP contribution >= 0.6 is 0 Å². The number of hydrogen-bond acceptors (Lipinski definition) is 4. The molecule has 1 heterocycles. The molecule has 110 valence electrons. The molecule has 0 aromatic carbocycles. The van der Waals surface area contributed by atoms with Gasteiger partial charge in [-0.3, -0.25) is 15.0 Å². The molecule has 2 unspecified atom stereocenters. The molecule has 3 amide bonds. The summed E-state index contributed by atoms with van der Waals surface area (Å²) in [6.45, 7) is 9.23. The highest BCUT2D eigenvalue weighted by Gasteiger charge is 2.24. The maximum Gasteiger partial charge on any atom is 0.321 e. The van der Waals surface area contributed by atoms with Crippen molar-refractivity contribution in [3.8, 4) is 0 Å². The van der Waals surface area contributed by atoms with E-state index in [9.17, 15) is 9.59 Å². The van der Waals surface area contributed by atoms with Gasteiger partial charge in [0.05, 0.1) is 6.04 Å².